The second kappa shape index (κ2) is 18.1. The van der Waals surface area contributed by atoms with Gasteiger partial charge >= 0.3 is 12.0 Å². The number of aliphatic hydroxyl groups is 1. The van der Waals surface area contributed by atoms with Crippen molar-refractivity contribution in [2.45, 2.75) is 97.0 Å². The second-order valence-electron chi connectivity index (χ2n) is 15.1. The molecule has 13 nitrogen and oxygen atoms in total. The van der Waals surface area contributed by atoms with E-state index in [1.54, 1.807) is 64.2 Å². The maximum absolute atomic E-state index is 14.3. The smallest absolute Gasteiger partial charge is 0.321 e. The van der Waals surface area contributed by atoms with Gasteiger partial charge in [0.1, 0.15) is 17.3 Å². The Morgan fingerprint density at radius 3 is 2.30 bits per heavy atom. The van der Waals surface area contributed by atoms with E-state index in [0.29, 0.717) is 56.9 Å². The van der Waals surface area contributed by atoms with Crippen LogP contribution in [0.4, 0.5) is 10.5 Å². The largest absolute Gasteiger partial charge is 0.497 e. The van der Waals surface area contributed by atoms with E-state index < -0.39 is 41.4 Å². The number of cyclic esters (lactones) is 1. The lowest BCUT2D eigenvalue weighted by Gasteiger charge is -2.47. The molecule has 13 heteroatoms. The quantitative estimate of drug-likeness (QED) is 0.329. The number of ketones is 1. The molecule has 1 aromatic rings. The number of aliphatic hydroxyl groups excluding tert-OH is 1. The Balaban J connectivity index is 1.90. The van der Waals surface area contributed by atoms with E-state index in [1.807, 2.05) is 39.9 Å². The third kappa shape index (κ3) is 10.6. The van der Waals surface area contributed by atoms with Crippen LogP contribution in [0.3, 0.4) is 0 Å². The summed E-state index contributed by atoms with van der Waals surface area (Å²) in [5.41, 5.74) is -1.88. The van der Waals surface area contributed by atoms with Crippen molar-refractivity contribution in [2.24, 2.45) is 17.3 Å². The van der Waals surface area contributed by atoms with Crippen molar-refractivity contribution in [1.29, 1.82) is 0 Å². The molecule has 0 unspecified atom stereocenters. The number of carbonyl (C=O) groups excluding carboxylic acids is 3. The van der Waals surface area contributed by atoms with Crippen LogP contribution in [0.25, 0.3) is 0 Å². The molecule has 2 fully saturated rings. The fraction of sp³-hybridized carbons (Fsp3) is 0.757. The van der Waals surface area contributed by atoms with Gasteiger partial charge in [-0.25, -0.2) is 4.79 Å². The molecular weight excluding hydrogens is 644 g/mol. The molecule has 2 N–H and O–H groups in total. The number of hydrogen-bond donors (Lipinski definition) is 2. The van der Waals surface area contributed by atoms with Gasteiger partial charge in [-0.1, -0.05) is 13.8 Å². The highest BCUT2D eigenvalue weighted by molar-refractivity contribution is 6.04. The number of benzene rings is 1. The van der Waals surface area contributed by atoms with Crippen LogP contribution < -0.4 is 10.1 Å². The first-order chi connectivity index (χ1) is 23.4. The number of nitrogens with zero attached hydrogens (tertiary/aromatic N) is 3. The summed E-state index contributed by atoms with van der Waals surface area (Å²) >= 11 is 0. The summed E-state index contributed by atoms with van der Waals surface area (Å²) in [6.07, 6.45) is -1.55. The SMILES string of the molecule is COc1ccc(NC(=O)N2CCCOC(=O)C(C)(C)C(=O)[C@H](C)[C@@H](O[C@@H]3O[C@H](C)C[C@H](N(C)C)[C@H]3O)[C@](C)(OC)C[C@@H](C)CN(C)CC2)cc1. The predicted molar refractivity (Wildman–Crippen MR) is 191 cm³/mol. The minimum atomic E-state index is -1.51. The van der Waals surface area contributed by atoms with Crippen molar-refractivity contribution in [2.75, 3.05) is 73.5 Å². The highest BCUT2D eigenvalue weighted by Gasteiger charge is 2.51. The van der Waals surface area contributed by atoms with Gasteiger partial charge in [0, 0.05) is 50.9 Å². The Labute approximate surface area is 298 Å². The van der Waals surface area contributed by atoms with Gasteiger partial charge in [0.25, 0.3) is 0 Å². The molecule has 2 aliphatic rings. The summed E-state index contributed by atoms with van der Waals surface area (Å²) in [5, 5.41) is 14.3. The summed E-state index contributed by atoms with van der Waals surface area (Å²) in [6, 6.07) is 6.63. The molecule has 8 atom stereocenters. The first-order valence-corrected chi connectivity index (χ1v) is 17.7. The van der Waals surface area contributed by atoms with Crippen molar-refractivity contribution in [1.82, 2.24) is 14.7 Å². The Bertz CT molecular complexity index is 1260. The number of urea groups is 1. The molecule has 2 aliphatic heterocycles. The first-order valence-electron chi connectivity index (χ1n) is 17.7. The highest BCUT2D eigenvalue weighted by atomic mass is 16.7. The summed E-state index contributed by atoms with van der Waals surface area (Å²) < 4.78 is 29.9. The van der Waals surface area contributed by atoms with Crippen LogP contribution in [0, 0.1) is 17.3 Å². The van der Waals surface area contributed by atoms with Crippen LogP contribution in [-0.2, 0) is 28.5 Å². The number of anilines is 1. The first kappa shape index (κ1) is 41.6. The number of rotatable bonds is 6. The zero-order valence-electron chi connectivity index (χ0n) is 32.1. The van der Waals surface area contributed by atoms with Crippen LogP contribution in [0.15, 0.2) is 24.3 Å². The predicted octanol–water partition coefficient (Wildman–Crippen LogP) is 3.88. The van der Waals surface area contributed by atoms with Crippen LogP contribution in [0.2, 0.25) is 0 Å². The number of likely N-dealkylation sites (N-methyl/N-ethyl adjacent to an activating group) is 2. The number of hydrogen-bond acceptors (Lipinski definition) is 11. The zero-order chi connectivity index (χ0) is 37.4. The van der Waals surface area contributed by atoms with E-state index >= 15 is 0 Å². The average Bonchev–Trinajstić information content (AvgIpc) is 3.06. The maximum atomic E-state index is 14.3. The normalized spacial score (nSPS) is 32.7. The van der Waals surface area contributed by atoms with E-state index in [2.05, 4.69) is 17.1 Å². The summed E-state index contributed by atoms with van der Waals surface area (Å²) in [7, 11) is 8.99. The van der Waals surface area contributed by atoms with Gasteiger partial charge in [-0.3, -0.25) is 9.59 Å². The van der Waals surface area contributed by atoms with E-state index in [9.17, 15) is 19.5 Å². The van der Waals surface area contributed by atoms with Gasteiger partial charge in [-0.05, 0) is 98.3 Å². The summed E-state index contributed by atoms with van der Waals surface area (Å²) in [4.78, 5) is 47.0. The van der Waals surface area contributed by atoms with Crippen LogP contribution in [0.5, 0.6) is 5.75 Å². The molecule has 1 aromatic carbocycles. The lowest BCUT2D eigenvalue weighted by Crippen LogP contribution is -2.59. The Morgan fingerprint density at radius 1 is 1.04 bits per heavy atom. The molecule has 0 saturated carbocycles. The molecule has 2 amide bonds. The third-order valence-electron chi connectivity index (χ3n) is 10.2. The number of nitrogens with one attached hydrogen (secondary N) is 1. The van der Waals surface area contributed by atoms with Gasteiger partial charge in [-0.15, -0.1) is 0 Å². The Kier molecular flexibility index (Phi) is 15.1. The molecule has 50 heavy (non-hydrogen) atoms. The van der Waals surface area contributed by atoms with Crippen LogP contribution in [-0.4, -0.2) is 142 Å². The zero-order valence-corrected chi connectivity index (χ0v) is 32.1. The van der Waals surface area contributed by atoms with Gasteiger partial charge in [-0.2, -0.15) is 0 Å². The van der Waals surface area contributed by atoms with Crippen LogP contribution >= 0.6 is 0 Å². The number of amides is 2. The molecule has 0 bridgehead atoms. The molecule has 284 valence electrons. The Hall–Kier alpha value is -2.81. The fourth-order valence-corrected chi connectivity index (χ4v) is 7.18. The topological polar surface area (TPSA) is 139 Å². The van der Waals surface area contributed by atoms with Crippen LogP contribution in [0.1, 0.15) is 60.8 Å². The van der Waals surface area contributed by atoms with Gasteiger partial charge < -0.3 is 48.8 Å². The third-order valence-corrected chi connectivity index (χ3v) is 10.2. The molecule has 0 spiro atoms. The number of ether oxygens (including phenoxy) is 5. The maximum Gasteiger partial charge on any atom is 0.321 e. The fourth-order valence-electron chi connectivity index (χ4n) is 7.18. The monoisotopic (exact) mass is 706 g/mol. The molecule has 0 aliphatic carbocycles. The number of carbonyl (C=O) groups is 3. The molecule has 0 radical (unpaired) electrons. The average molecular weight is 707 g/mol. The second-order valence-corrected chi connectivity index (χ2v) is 15.1. The number of methoxy groups -OCH3 is 2. The lowest BCUT2D eigenvalue weighted by molar-refractivity contribution is -0.295. The minimum absolute atomic E-state index is 0.0325. The lowest BCUT2D eigenvalue weighted by atomic mass is 9.74. The van der Waals surface area contributed by atoms with Crippen molar-refractivity contribution in [3.63, 3.8) is 0 Å². The molecule has 2 heterocycles. The Morgan fingerprint density at radius 2 is 1.70 bits per heavy atom. The van der Waals surface area contributed by atoms with E-state index in [4.69, 9.17) is 23.7 Å². The van der Waals surface area contributed by atoms with E-state index in [0.717, 1.165) is 0 Å². The van der Waals surface area contributed by atoms with Gasteiger partial charge in [0.2, 0.25) is 0 Å². The number of Topliss-reactive ketones (excluding diaryl/α,β-unsaturated/α-hetero) is 1. The molecular formula is C37H62N4O9. The standard InChI is InChI=1S/C37H62N4O9/c1-24-22-37(6,47-11)32(50-33-30(42)29(39(7)8)21-25(2)49-33)26(3)31(43)36(4,5)34(44)48-20-12-17-41(19-18-40(9)23-24)35(45)38-27-13-15-28(46-10)16-14-27/h13-16,24-26,29-30,32-33,42H,12,17-23H2,1-11H3,(H,38,45)/t24-,25-,26+,29+,30-,32-,33+,37-/m1/s1. The van der Waals surface area contributed by atoms with E-state index in [1.165, 1.54) is 0 Å². The van der Waals surface area contributed by atoms with Crippen molar-refractivity contribution < 1.29 is 43.2 Å². The number of esters is 1. The molecule has 3 rings (SSSR count). The minimum Gasteiger partial charge on any atom is -0.497 e. The van der Waals surface area contributed by atoms with Gasteiger partial charge in [0.05, 0.1) is 31.5 Å². The summed E-state index contributed by atoms with van der Waals surface area (Å²) in [6.45, 7) is 12.9. The van der Waals surface area contributed by atoms with Crippen molar-refractivity contribution in [3.8, 4) is 5.75 Å². The molecule has 0 aromatic heterocycles. The summed E-state index contributed by atoms with van der Waals surface area (Å²) in [5.74, 6) is -1.10. The van der Waals surface area contributed by atoms with Crippen molar-refractivity contribution in [3.05, 3.63) is 24.3 Å². The highest BCUT2D eigenvalue weighted by Crippen LogP contribution is 2.38. The molecule has 2 saturated heterocycles. The van der Waals surface area contributed by atoms with E-state index in [-0.39, 0.29) is 36.5 Å². The van der Waals surface area contributed by atoms with Gasteiger partial charge in [0.15, 0.2) is 12.1 Å². The van der Waals surface area contributed by atoms with Crippen molar-refractivity contribution >= 4 is 23.5 Å².